The van der Waals surface area contributed by atoms with E-state index in [0.717, 1.165) is 5.92 Å². The second-order valence-corrected chi connectivity index (χ2v) is 4.27. The summed E-state index contributed by atoms with van der Waals surface area (Å²) in [7, 11) is 0. The van der Waals surface area contributed by atoms with Gasteiger partial charge in [-0.2, -0.15) is 5.10 Å². The molecule has 2 saturated heterocycles. The molecule has 0 aromatic carbocycles. The summed E-state index contributed by atoms with van der Waals surface area (Å²) in [6.45, 7) is 3.84. The maximum atomic E-state index is 4.31. The SMILES string of the molecule is c1cc([C@@H]2C[N@]3CCC[C@H]2C3)n[nH]1. The molecule has 0 amide bonds. The number of hydrogen-bond acceptors (Lipinski definition) is 2. The normalized spacial score (nSPS) is 38.0. The molecule has 2 bridgehead atoms. The molecule has 0 saturated carbocycles. The number of hydrogen-bond donors (Lipinski definition) is 1. The molecular formula is C10H15N3. The minimum absolute atomic E-state index is 0.703. The summed E-state index contributed by atoms with van der Waals surface area (Å²) in [6, 6.07) is 2.13. The first-order valence-corrected chi connectivity index (χ1v) is 5.15. The molecule has 2 aliphatic heterocycles. The lowest BCUT2D eigenvalue weighted by Gasteiger charge is -2.21. The number of rotatable bonds is 1. The number of aromatic nitrogens is 2. The second kappa shape index (κ2) is 2.84. The summed E-state index contributed by atoms with van der Waals surface area (Å²) in [5.41, 5.74) is 1.27. The van der Waals surface area contributed by atoms with Crippen molar-refractivity contribution < 1.29 is 0 Å². The van der Waals surface area contributed by atoms with Crippen molar-refractivity contribution >= 4 is 0 Å². The number of H-pyrrole nitrogens is 1. The molecule has 3 nitrogen and oxygen atoms in total. The highest BCUT2D eigenvalue weighted by atomic mass is 15.2. The highest BCUT2D eigenvalue weighted by Crippen LogP contribution is 2.37. The quantitative estimate of drug-likeness (QED) is 0.699. The van der Waals surface area contributed by atoms with E-state index >= 15 is 0 Å². The van der Waals surface area contributed by atoms with Gasteiger partial charge < -0.3 is 4.90 Å². The van der Waals surface area contributed by atoms with E-state index in [2.05, 4.69) is 21.2 Å². The van der Waals surface area contributed by atoms with Crippen molar-refractivity contribution in [3.8, 4) is 0 Å². The Hall–Kier alpha value is -0.830. The van der Waals surface area contributed by atoms with Crippen LogP contribution in [0.4, 0.5) is 0 Å². The van der Waals surface area contributed by atoms with Gasteiger partial charge in [0.25, 0.3) is 0 Å². The number of aromatic amines is 1. The average molecular weight is 177 g/mol. The molecule has 70 valence electrons. The fourth-order valence-electron chi connectivity index (χ4n) is 2.83. The first-order valence-electron chi connectivity index (χ1n) is 5.15. The van der Waals surface area contributed by atoms with Crippen LogP contribution in [0.15, 0.2) is 12.3 Å². The molecule has 13 heavy (non-hydrogen) atoms. The van der Waals surface area contributed by atoms with Crippen LogP contribution in [0.25, 0.3) is 0 Å². The van der Waals surface area contributed by atoms with E-state index in [1.165, 1.54) is 38.2 Å². The van der Waals surface area contributed by atoms with Gasteiger partial charge in [-0.15, -0.1) is 0 Å². The maximum Gasteiger partial charge on any atom is 0.0668 e. The Balaban J connectivity index is 1.86. The van der Waals surface area contributed by atoms with Gasteiger partial charge in [-0.05, 0) is 31.4 Å². The fraction of sp³-hybridized carbons (Fsp3) is 0.700. The van der Waals surface area contributed by atoms with Crippen molar-refractivity contribution in [1.29, 1.82) is 0 Å². The largest absolute Gasteiger partial charge is 0.302 e. The lowest BCUT2D eigenvalue weighted by Crippen LogP contribution is -2.25. The highest BCUT2D eigenvalue weighted by molar-refractivity contribution is 5.12. The number of nitrogens with zero attached hydrogens (tertiary/aromatic N) is 2. The minimum Gasteiger partial charge on any atom is -0.302 e. The molecular weight excluding hydrogens is 162 g/mol. The van der Waals surface area contributed by atoms with Crippen molar-refractivity contribution in [3.05, 3.63) is 18.0 Å². The Morgan fingerprint density at radius 3 is 3.23 bits per heavy atom. The molecule has 0 aliphatic carbocycles. The third-order valence-electron chi connectivity index (χ3n) is 3.47. The van der Waals surface area contributed by atoms with Gasteiger partial charge in [0.05, 0.1) is 5.69 Å². The van der Waals surface area contributed by atoms with Crippen LogP contribution in [0.1, 0.15) is 24.5 Å². The van der Waals surface area contributed by atoms with Crippen LogP contribution in [0.3, 0.4) is 0 Å². The van der Waals surface area contributed by atoms with E-state index in [1.807, 2.05) is 6.20 Å². The van der Waals surface area contributed by atoms with Crippen LogP contribution in [0, 0.1) is 5.92 Å². The number of fused-ring (bicyclic) bond motifs is 2. The molecule has 0 unspecified atom stereocenters. The molecule has 3 heterocycles. The molecule has 2 aliphatic rings. The number of nitrogens with one attached hydrogen (secondary N) is 1. The van der Waals surface area contributed by atoms with Crippen molar-refractivity contribution in [1.82, 2.24) is 15.1 Å². The van der Waals surface area contributed by atoms with Gasteiger partial charge in [-0.3, -0.25) is 5.10 Å². The van der Waals surface area contributed by atoms with Gasteiger partial charge in [0.15, 0.2) is 0 Å². The minimum atomic E-state index is 0.703. The molecule has 3 rings (SSSR count). The van der Waals surface area contributed by atoms with Crippen LogP contribution < -0.4 is 0 Å². The fourth-order valence-corrected chi connectivity index (χ4v) is 2.83. The zero-order valence-corrected chi connectivity index (χ0v) is 7.74. The number of piperidine rings is 1. The van der Waals surface area contributed by atoms with Crippen LogP contribution in [0.2, 0.25) is 0 Å². The van der Waals surface area contributed by atoms with Crippen LogP contribution in [0.5, 0.6) is 0 Å². The van der Waals surface area contributed by atoms with Gasteiger partial charge in [0.1, 0.15) is 0 Å². The van der Waals surface area contributed by atoms with Gasteiger partial charge in [0, 0.05) is 25.2 Å². The monoisotopic (exact) mass is 177 g/mol. The topological polar surface area (TPSA) is 31.9 Å². The first kappa shape index (κ1) is 7.56. The van der Waals surface area contributed by atoms with Crippen LogP contribution >= 0.6 is 0 Å². The molecule has 0 spiro atoms. The smallest absolute Gasteiger partial charge is 0.0668 e. The summed E-state index contributed by atoms with van der Waals surface area (Å²) in [4.78, 5) is 2.58. The average Bonchev–Trinajstić information content (AvgIpc) is 2.74. The van der Waals surface area contributed by atoms with E-state index in [4.69, 9.17) is 0 Å². The summed E-state index contributed by atoms with van der Waals surface area (Å²) in [5.74, 6) is 1.57. The third-order valence-corrected chi connectivity index (χ3v) is 3.47. The zero-order chi connectivity index (χ0) is 8.67. The van der Waals surface area contributed by atoms with Crippen molar-refractivity contribution in [2.75, 3.05) is 19.6 Å². The van der Waals surface area contributed by atoms with E-state index < -0.39 is 0 Å². The zero-order valence-electron chi connectivity index (χ0n) is 7.74. The Labute approximate surface area is 78.1 Å². The summed E-state index contributed by atoms with van der Waals surface area (Å²) < 4.78 is 0. The van der Waals surface area contributed by atoms with E-state index in [9.17, 15) is 0 Å². The molecule has 1 aromatic rings. The Bertz CT molecular complexity index is 280. The molecule has 3 atom stereocenters. The first-order chi connectivity index (χ1) is 6.43. The van der Waals surface area contributed by atoms with Gasteiger partial charge in [0.2, 0.25) is 0 Å². The standard InChI is InChI=1S/C10H15N3/c1-2-8-6-13(5-1)7-9(8)10-3-4-11-12-10/h3-4,8-9H,1-2,5-7H2,(H,11,12)/t8-,9+/m0/s1. The summed E-state index contributed by atoms with van der Waals surface area (Å²) >= 11 is 0. The molecule has 1 aromatic heterocycles. The van der Waals surface area contributed by atoms with E-state index in [-0.39, 0.29) is 0 Å². The molecule has 1 N–H and O–H groups in total. The lowest BCUT2D eigenvalue weighted by atomic mass is 9.89. The van der Waals surface area contributed by atoms with E-state index in [0.29, 0.717) is 5.92 Å². The van der Waals surface area contributed by atoms with Gasteiger partial charge >= 0.3 is 0 Å². The summed E-state index contributed by atoms with van der Waals surface area (Å²) in [6.07, 6.45) is 4.71. The molecule has 2 fully saturated rings. The highest BCUT2D eigenvalue weighted by Gasteiger charge is 2.36. The van der Waals surface area contributed by atoms with Gasteiger partial charge in [-0.25, -0.2) is 0 Å². The van der Waals surface area contributed by atoms with Crippen LogP contribution in [-0.2, 0) is 0 Å². The van der Waals surface area contributed by atoms with Gasteiger partial charge in [-0.1, -0.05) is 0 Å². The Morgan fingerprint density at radius 1 is 1.46 bits per heavy atom. The second-order valence-electron chi connectivity index (χ2n) is 4.27. The Morgan fingerprint density at radius 2 is 2.46 bits per heavy atom. The molecule has 3 heteroatoms. The van der Waals surface area contributed by atoms with Crippen LogP contribution in [-0.4, -0.2) is 34.7 Å². The predicted molar refractivity (Wildman–Crippen MR) is 50.5 cm³/mol. The van der Waals surface area contributed by atoms with E-state index in [1.54, 1.807) is 0 Å². The summed E-state index contributed by atoms with van der Waals surface area (Å²) in [5, 5.41) is 7.22. The van der Waals surface area contributed by atoms with Crippen molar-refractivity contribution in [2.24, 2.45) is 5.92 Å². The Kier molecular flexibility index (Phi) is 1.65. The third kappa shape index (κ3) is 1.18. The van der Waals surface area contributed by atoms with Crippen molar-refractivity contribution in [3.63, 3.8) is 0 Å². The lowest BCUT2D eigenvalue weighted by molar-refractivity contribution is 0.269. The molecule has 0 radical (unpaired) electrons. The van der Waals surface area contributed by atoms with Crippen molar-refractivity contribution in [2.45, 2.75) is 18.8 Å². The predicted octanol–water partition coefficient (Wildman–Crippen LogP) is 1.22. The maximum absolute atomic E-state index is 4.31.